The monoisotopic (exact) mass is 377 g/mol. The Balaban J connectivity index is 1.93. The summed E-state index contributed by atoms with van der Waals surface area (Å²) in [6, 6.07) is 3.81. The highest BCUT2D eigenvalue weighted by atomic mass is 32.2. The minimum absolute atomic E-state index is 0.0816. The minimum atomic E-state index is -0.886. The van der Waals surface area contributed by atoms with Gasteiger partial charge in [-0.05, 0) is 19.9 Å². The highest BCUT2D eigenvalue weighted by molar-refractivity contribution is 7.98. The zero-order valence-corrected chi connectivity index (χ0v) is 15.0. The summed E-state index contributed by atoms with van der Waals surface area (Å²) in [4.78, 5) is 17.4. The van der Waals surface area contributed by atoms with E-state index in [-0.39, 0.29) is 24.0 Å². The van der Waals surface area contributed by atoms with Gasteiger partial charge in [-0.1, -0.05) is 23.9 Å². The highest BCUT2D eigenvalue weighted by Crippen LogP contribution is 2.26. The average Bonchev–Trinajstić information content (AvgIpc) is 2.62. The molecule has 9 heteroatoms. The fourth-order valence-corrected chi connectivity index (χ4v) is 3.03. The van der Waals surface area contributed by atoms with Crippen molar-refractivity contribution in [3.05, 3.63) is 47.3 Å². The lowest BCUT2D eigenvalue weighted by atomic mass is 10.2. The molecule has 1 atom stereocenters. The molecule has 2 heterocycles. The van der Waals surface area contributed by atoms with Crippen LogP contribution in [-0.4, -0.2) is 37.7 Å². The Bertz CT molecular complexity index is 940. The molecule has 2 N–H and O–H groups in total. The van der Waals surface area contributed by atoms with E-state index < -0.39 is 11.6 Å². The first kappa shape index (κ1) is 18.4. The Labute approximate surface area is 153 Å². The number of nitrogens with zero attached hydrogens (tertiary/aromatic N) is 4. The standard InChI is InChI=1S/C17H17F2N5OS/c1-9-6-20-14-15(21-9)23-17(24-16(14)22-10(2)7-25)26-8-11-4-3-5-12(18)13(11)19/h3-6,10,25H,7-8H2,1-2H3,(H,21,22,23,24)/t10-/m1/s1. The topological polar surface area (TPSA) is 83.8 Å². The highest BCUT2D eigenvalue weighted by Gasteiger charge is 2.14. The van der Waals surface area contributed by atoms with Gasteiger partial charge in [-0.2, -0.15) is 0 Å². The predicted molar refractivity (Wildman–Crippen MR) is 96.0 cm³/mol. The first-order chi connectivity index (χ1) is 12.5. The van der Waals surface area contributed by atoms with E-state index in [9.17, 15) is 13.9 Å². The largest absolute Gasteiger partial charge is 0.394 e. The Morgan fingerprint density at radius 1 is 1.23 bits per heavy atom. The zero-order valence-electron chi connectivity index (χ0n) is 14.2. The molecule has 1 aromatic carbocycles. The molecule has 0 aliphatic heterocycles. The van der Waals surface area contributed by atoms with E-state index in [4.69, 9.17) is 0 Å². The molecule has 6 nitrogen and oxygen atoms in total. The van der Waals surface area contributed by atoms with Crippen LogP contribution in [0, 0.1) is 18.6 Å². The number of nitrogens with one attached hydrogen (secondary N) is 1. The molecule has 0 aliphatic rings. The van der Waals surface area contributed by atoms with Crippen LogP contribution in [0.25, 0.3) is 11.2 Å². The maximum atomic E-state index is 13.8. The van der Waals surface area contributed by atoms with Crippen LogP contribution in [0.2, 0.25) is 0 Å². The van der Waals surface area contributed by atoms with Crippen LogP contribution in [0.5, 0.6) is 0 Å². The summed E-state index contributed by atoms with van der Waals surface area (Å²) in [7, 11) is 0. The lowest BCUT2D eigenvalue weighted by molar-refractivity contribution is 0.281. The number of aliphatic hydroxyl groups is 1. The molecule has 0 unspecified atom stereocenters. The number of aliphatic hydroxyl groups excluding tert-OH is 1. The van der Waals surface area contributed by atoms with E-state index in [1.54, 1.807) is 20.0 Å². The van der Waals surface area contributed by atoms with E-state index in [1.807, 2.05) is 0 Å². The quantitative estimate of drug-likeness (QED) is 0.504. The van der Waals surface area contributed by atoms with Crippen LogP contribution >= 0.6 is 11.8 Å². The van der Waals surface area contributed by atoms with E-state index in [0.717, 1.165) is 6.07 Å². The van der Waals surface area contributed by atoms with E-state index >= 15 is 0 Å². The van der Waals surface area contributed by atoms with Gasteiger partial charge in [-0.15, -0.1) is 0 Å². The van der Waals surface area contributed by atoms with Crippen LogP contribution in [0.1, 0.15) is 18.2 Å². The molecule has 0 bridgehead atoms. The number of anilines is 1. The van der Waals surface area contributed by atoms with Crippen LogP contribution in [0.4, 0.5) is 14.6 Å². The first-order valence-corrected chi connectivity index (χ1v) is 8.91. The second kappa shape index (κ2) is 7.88. The van der Waals surface area contributed by atoms with Crippen LogP contribution in [0.15, 0.2) is 29.6 Å². The molecular formula is C17H17F2N5OS. The molecule has 136 valence electrons. The van der Waals surface area contributed by atoms with Crippen molar-refractivity contribution < 1.29 is 13.9 Å². The normalized spacial score (nSPS) is 12.3. The molecule has 0 spiro atoms. The van der Waals surface area contributed by atoms with Gasteiger partial charge < -0.3 is 10.4 Å². The predicted octanol–water partition coefficient (Wildman–Crippen LogP) is 3.09. The van der Waals surface area contributed by atoms with Crippen molar-refractivity contribution in [3.8, 4) is 0 Å². The van der Waals surface area contributed by atoms with Crippen molar-refractivity contribution in [2.75, 3.05) is 11.9 Å². The zero-order chi connectivity index (χ0) is 18.7. The van der Waals surface area contributed by atoms with Crippen molar-refractivity contribution in [2.45, 2.75) is 30.8 Å². The maximum absolute atomic E-state index is 13.8. The Morgan fingerprint density at radius 3 is 2.81 bits per heavy atom. The van der Waals surface area contributed by atoms with Gasteiger partial charge in [0.15, 0.2) is 33.8 Å². The number of aryl methyl sites for hydroxylation is 1. The lowest BCUT2D eigenvalue weighted by Gasteiger charge is -2.14. The third-order valence-corrected chi connectivity index (χ3v) is 4.45. The second-order valence-corrected chi connectivity index (χ2v) is 6.71. The molecule has 26 heavy (non-hydrogen) atoms. The van der Waals surface area contributed by atoms with Crippen molar-refractivity contribution in [2.24, 2.45) is 0 Å². The first-order valence-electron chi connectivity index (χ1n) is 7.92. The Morgan fingerprint density at radius 2 is 2.04 bits per heavy atom. The minimum Gasteiger partial charge on any atom is -0.394 e. The Kier molecular flexibility index (Phi) is 5.58. The molecule has 0 amide bonds. The second-order valence-electron chi connectivity index (χ2n) is 5.77. The fraction of sp³-hybridized carbons (Fsp3) is 0.294. The Hall–Kier alpha value is -2.39. The number of aromatic nitrogens is 4. The molecule has 3 aromatic rings. The van der Waals surface area contributed by atoms with Gasteiger partial charge in [-0.25, -0.2) is 28.7 Å². The average molecular weight is 377 g/mol. The molecule has 0 radical (unpaired) electrons. The van der Waals surface area contributed by atoms with Gasteiger partial charge in [0.05, 0.1) is 12.3 Å². The van der Waals surface area contributed by atoms with Gasteiger partial charge in [0.2, 0.25) is 0 Å². The van der Waals surface area contributed by atoms with Crippen LogP contribution in [-0.2, 0) is 5.75 Å². The smallest absolute Gasteiger partial charge is 0.192 e. The maximum Gasteiger partial charge on any atom is 0.192 e. The SMILES string of the molecule is Cc1cnc2c(N[C@H](C)CO)nc(SCc3cccc(F)c3F)nc2n1. The molecule has 0 aliphatic carbocycles. The fourth-order valence-electron chi connectivity index (χ4n) is 2.22. The third kappa shape index (κ3) is 4.05. The molecule has 0 fully saturated rings. The summed E-state index contributed by atoms with van der Waals surface area (Å²) in [5, 5.41) is 12.7. The number of thioether (sulfide) groups is 1. The van der Waals surface area contributed by atoms with Gasteiger partial charge in [-0.3, -0.25) is 0 Å². The van der Waals surface area contributed by atoms with Crippen molar-refractivity contribution >= 4 is 28.7 Å². The van der Waals surface area contributed by atoms with Crippen molar-refractivity contribution in [1.82, 2.24) is 19.9 Å². The molecule has 3 rings (SSSR count). The number of benzene rings is 1. The van der Waals surface area contributed by atoms with E-state index in [0.29, 0.717) is 27.8 Å². The number of hydrogen-bond acceptors (Lipinski definition) is 7. The van der Waals surface area contributed by atoms with E-state index in [1.165, 1.54) is 23.9 Å². The van der Waals surface area contributed by atoms with Crippen molar-refractivity contribution in [1.29, 1.82) is 0 Å². The molecule has 2 aromatic heterocycles. The van der Waals surface area contributed by atoms with Gasteiger partial charge in [0.25, 0.3) is 0 Å². The van der Waals surface area contributed by atoms with Gasteiger partial charge in [0.1, 0.15) is 0 Å². The lowest BCUT2D eigenvalue weighted by Crippen LogP contribution is -2.21. The molecule has 0 saturated heterocycles. The summed E-state index contributed by atoms with van der Waals surface area (Å²) in [6.07, 6.45) is 1.61. The molecular weight excluding hydrogens is 360 g/mol. The van der Waals surface area contributed by atoms with Crippen molar-refractivity contribution in [3.63, 3.8) is 0 Å². The third-order valence-electron chi connectivity index (χ3n) is 3.55. The van der Waals surface area contributed by atoms with Gasteiger partial charge >= 0.3 is 0 Å². The van der Waals surface area contributed by atoms with Gasteiger partial charge in [0, 0.05) is 23.6 Å². The van der Waals surface area contributed by atoms with E-state index in [2.05, 4.69) is 25.3 Å². The summed E-state index contributed by atoms with van der Waals surface area (Å²) in [5.41, 5.74) is 1.81. The number of hydrogen-bond donors (Lipinski definition) is 2. The van der Waals surface area contributed by atoms with Crippen LogP contribution in [0.3, 0.4) is 0 Å². The summed E-state index contributed by atoms with van der Waals surface area (Å²) in [5.74, 6) is -1.15. The summed E-state index contributed by atoms with van der Waals surface area (Å²) < 4.78 is 27.2. The van der Waals surface area contributed by atoms with Crippen LogP contribution < -0.4 is 5.32 Å². The number of rotatable bonds is 6. The molecule has 0 saturated carbocycles. The number of halogens is 2. The summed E-state index contributed by atoms with van der Waals surface area (Å²) in [6.45, 7) is 3.51. The summed E-state index contributed by atoms with van der Waals surface area (Å²) >= 11 is 1.17. The number of fused-ring (bicyclic) bond motifs is 1.